The highest BCUT2D eigenvalue weighted by atomic mass is 32.1. The Labute approximate surface area is 179 Å². The van der Waals surface area contributed by atoms with Gasteiger partial charge in [0.1, 0.15) is 5.56 Å². The van der Waals surface area contributed by atoms with Crippen LogP contribution in [-0.2, 0) is 6.54 Å². The molecule has 152 valence electrons. The summed E-state index contributed by atoms with van der Waals surface area (Å²) in [5.41, 5.74) is 4.81. The number of nitrogens with zero attached hydrogens (tertiary/aromatic N) is 5. The first-order valence-electron chi connectivity index (χ1n) is 10.1. The van der Waals surface area contributed by atoms with E-state index in [2.05, 4.69) is 52.2 Å². The summed E-state index contributed by atoms with van der Waals surface area (Å²) < 4.78 is 1.77. The van der Waals surface area contributed by atoms with Gasteiger partial charge in [0, 0.05) is 38.9 Å². The van der Waals surface area contributed by atoms with E-state index >= 15 is 0 Å². The zero-order valence-corrected chi connectivity index (χ0v) is 17.7. The lowest BCUT2D eigenvalue weighted by Crippen LogP contribution is -2.48. The molecule has 0 bridgehead atoms. The topological polar surface area (TPSA) is 53.7 Å². The summed E-state index contributed by atoms with van der Waals surface area (Å²) in [5.74, 6) is 0.0105. The number of benzene rings is 1. The number of piperazine rings is 1. The summed E-state index contributed by atoms with van der Waals surface area (Å²) >= 11 is 1.65. The highest BCUT2D eigenvalue weighted by Gasteiger charge is 2.25. The van der Waals surface area contributed by atoms with E-state index in [9.17, 15) is 4.79 Å². The number of aromatic nitrogens is 3. The zero-order valence-electron chi connectivity index (χ0n) is 16.9. The highest BCUT2D eigenvalue weighted by molar-refractivity contribution is 7.13. The van der Waals surface area contributed by atoms with E-state index in [0.717, 1.165) is 30.2 Å². The highest BCUT2D eigenvalue weighted by Crippen LogP contribution is 2.25. The lowest BCUT2D eigenvalue weighted by atomic mass is 10.1. The van der Waals surface area contributed by atoms with Gasteiger partial charge in [0.25, 0.3) is 5.91 Å². The van der Waals surface area contributed by atoms with Gasteiger partial charge in [-0.25, -0.2) is 9.50 Å². The van der Waals surface area contributed by atoms with Gasteiger partial charge < -0.3 is 4.90 Å². The van der Waals surface area contributed by atoms with E-state index in [-0.39, 0.29) is 5.91 Å². The molecule has 1 aliphatic heterocycles. The lowest BCUT2D eigenvalue weighted by molar-refractivity contribution is 0.0630. The predicted molar refractivity (Wildman–Crippen MR) is 119 cm³/mol. The second kappa shape index (κ2) is 8.01. The summed E-state index contributed by atoms with van der Waals surface area (Å²) in [5, 5.41) is 6.51. The Morgan fingerprint density at radius 2 is 1.90 bits per heavy atom. The fraction of sp³-hybridized carbons (Fsp3) is 0.261. The molecule has 0 N–H and O–H groups in total. The number of rotatable bonds is 4. The predicted octanol–water partition coefficient (Wildman–Crippen LogP) is 3.72. The van der Waals surface area contributed by atoms with Gasteiger partial charge in [0.2, 0.25) is 0 Å². The molecule has 5 rings (SSSR count). The second-order valence-corrected chi connectivity index (χ2v) is 8.54. The Morgan fingerprint density at radius 1 is 1.07 bits per heavy atom. The van der Waals surface area contributed by atoms with Gasteiger partial charge in [-0.3, -0.25) is 9.69 Å². The van der Waals surface area contributed by atoms with Crippen LogP contribution in [0.1, 0.15) is 21.5 Å². The van der Waals surface area contributed by atoms with E-state index in [1.165, 1.54) is 11.1 Å². The monoisotopic (exact) mass is 417 g/mol. The molecule has 7 heteroatoms. The Bertz CT molecular complexity index is 1180. The smallest absolute Gasteiger partial charge is 0.259 e. The van der Waals surface area contributed by atoms with Crippen molar-refractivity contribution in [2.45, 2.75) is 13.5 Å². The molecular formula is C23H23N5OS. The fourth-order valence-corrected chi connectivity index (χ4v) is 4.70. The number of hydrogen-bond acceptors (Lipinski definition) is 5. The average molecular weight is 418 g/mol. The van der Waals surface area contributed by atoms with E-state index in [1.807, 2.05) is 22.4 Å². The van der Waals surface area contributed by atoms with Crippen LogP contribution in [-0.4, -0.2) is 56.5 Å². The van der Waals surface area contributed by atoms with Crippen LogP contribution in [0.25, 0.3) is 16.2 Å². The molecule has 0 unspecified atom stereocenters. The van der Waals surface area contributed by atoms with Crippen LogP contribution in [0.4, 0.5) is 0 Å². The molecule has 0 atom stereocenters. The number of thiophene rings is 1. The third-order valence-electron chi connectivity index (χ3n) is 5.72. The molecular weight excluding hydrogens is 394 g/mol. The quantitative estimate of drug-likeness (QED) is 0.508. The molecule has 6 nitrogen and oxygen atoms in total. The van der Waals surface area contributed by atoms with Crippen molar-refractivity contribution in [2.75, 3.05) is 26.2 Å². The number of hydrogen-bond donors (Lipinski definition) is 0. The first kappa shape index (κ1) is 19.0. The van der Waals surface area contributed by atoms with Gasteiger partial charge in [-0.15, -0.1) is 11.3 Å². The van der Waals surface area contributed by atoms with Crippen molar-refractivity contribution < 1.29 is 4.79 Å². The fourth-order valence-electron chi connectivity index (χ4n) is 3.96. The van der Waals surface area contributed by atoms with Crippen LogP contribution in [0.15, 0.2) is 60.2 Å². The second-order valence-electron chi connectivity index (χ2n) is 7.60. The number of aryl methyl sites for hydroxylation is 1. The van der Waals surface area contributed by atoms with Gasteiger partial charge in [-0.1, -0.05) is 30.3 Å². The Balaban J connectivity index is 1.31. The Morgan fingerprint density at radius 3 is 2.67 bits per heavy atom. The molecule has 1 aliphatic rings. The minimum atomic E-state index is 0.0105. The van der Waals surface area contributed by atoms with Crippen molar-refractivity contribution in [1.82, 2.24) is 24.4 Å². The zero-order chi connectivity index (χ0) is 20.5. The maximum atomic E-state index is 13.2. The Hall–Kier alpha value is -3.03. The average Bonchev–Trinajstić information content (AvgIpc) is 3.45. The van der Waals surface area contributed by atoms with Gasteiger partial charge in [-0.05, 0) is 35.6 Å². The maximum Gasteiger partial charge on any atom is 0.259 e. The molecule has 1 fully saturated rings. The van der Waals surface area contributed by atoms with Gasteiger partial charge in [-0.2, -0.15) is 5.10 Å². The van der Waals surface area contributed by atoms with Gasteiger partial charge in [0.05, 0.1) is 16.8 Å². The molecule has 30 heavy (non-hydrogen) atoms. The minimum absolute atomic E-state index is 0.0105. The van der Waals surface area contributed by atoms with Crippen molar-refractivity contribution in [2.24, 2.45) is 0 Å². The Kier molecular flexibility index (Phi) is 5.06. The van der Waals surface area contributed by atoms with E-state index < -0.39 is 0 Å². The summed E-state index contributed by atoms with van der Waals surface area (Å²) in [6, 6.07) is 14.5. The number of carbonyl (C=O) groups is 1. The summed E-state index contributed by atoms with van der Waals surface area (Å²) in [6.07, 6.45) is 3.41. The molecule has 0 spiro atoms. The molecule has 0 saturated carbocycles. The summed E-state index contributed by atoms with van der Waals surface area (Å²) in [4.78, 5) is 23.1. The van der Waals surface area contributed by atoms with Crippen molar-refractivity contribution in [3.8, 4) is 10.6 Å². The molecule has 1 aromatic carbocycles. The molecule has 4 heterocycles. The molecule has 1 saturated heterocycles. The van der Waals surface area contributed by atoms with Crippen LogP contribution in [0.5, 0.6) is 0 Å². The summed E-state index contributed by atoms with van der Waals surface area (Å²) in [6.45, 7) is 6.24. The SMILES string of the molecule is Cc1ccccc1CN1CCN(C(=O)c2cnn3c(-c4cccs4)ccnc23)CC1. The van der Waals surface area contributed by atoms with Crippen molar-refractivity contribution in [3.63, 3.8) is 0 Å². The van der Waals surface area contributed by atoms with Crippen LogP contribution < -0.4 is 0 Å². The maximum absolute atomic E-state index is 13.2. The van der Waals surface area contributed by atoms with E-state index in [0.29, 0.717) is 24.3 Å². The minimum Gasteiger partial charge on any atom is -0.336 e. The van der Waals surface area contributed by atoms with Gasteiger partial charge in [0.15, 0.2) is 5.65 Å². The van der Waals surface area contributed by atoms with Crippen LogP contribution in [0, 0.1) is 6.92 Å². The first-order chi connectivity index (χ1) is 14.7. The van der Waals surface area contributed by atoms with Crippen LogP contribution in [0.2, 0.25) is 0 Å². The van der Waals surface area contributed by atoms with E-state index in [4.69, 9.17) is 0 Å². The lowest BCUT2D eigenvalue weighted by Gasteiger charge is -2.34. The summed E-state index contributed by atoms with van der Waals surface area (Å²) in [7, 11) is 0. The van der Waals surface area contributed by atoms with Crippen molar-refractivity contribution in [1.29, 1.82) is 0 Å². The third-order valence-corrected chi connectivity index (χ3v) is 6.61. The normalized spacial score (nSPS) is 15.0. The van der Waals surface area contributed by atoms with Crippen molar-refractivity contribution in [3.05, 3.63) is 76.9 Å². The third kappa shape index (κ3) is 3.51. The largest absolute Gasteiger partial charge is 0.336 e. The van der Waals surface area contributed by atoms with Crippen LogP contribution >= 0.6 is 11.3 Å². The van der Waals surface area contributed by atoms with E-state index in [1.54, 1.807) is 28.2 Å². The number of fused-ring (bicyclic) bond motifs is 1. The molecule has 1 amide bonds. The first-order valence-corrected chi connectivity index (χ1v) is 11.0. The standard InChI is InChI=1S/C23H23N5OS/c1-17-5-2-3-6-18(17)16-26-10-12-27(13-11-26)23(29)19-15-25-28-20(8-9-24-22(19)28)21-7-4-14-30-21/h2-9,14-15H,10-13,16H2,1H3. The van der Waals surface area contributed by atoms with Gasteiger partial charge >= 0.3 is 0 Å². The van der Waals surface area contributed by atoms with Crippen LogP contribution in [0.3, 0.4) is 0 Å². The molecule has 0 radical (unpaired) electrons. The number of carbonyl (C=O) groups excluding carboxylic acids is 1. The molecule has 3 aromatic heterocycles. The molecule has 0 aliphatic carbocycles. The molecule has 4 aromatic rings. The van der Waals surface area contributed by atoms with Crippen molar-refractivity contribution >= 4 is 22.9 Å². The number of amides is 1.